The second-order valence-corrected chi connectivity index (χ2v) is 4.49. The van der Waals surface area contributed by atoms with Crippen LogP contribution in [0.5, 0.6) is 5.75 Å². The van der Waals surface area contributed by atoms with E-state index in [-0.39, 0.29) is 11.8 Å². The summed E-state index contributed by atoms with van der Waals surface area (Å²) in [6.07, 6.45) is 0.321. The summed E-state index contributed by atoms with van der Waals surface area (Å²) in [5.74, 6) is -0.796. The van der Waals surface area contributed by atoms with E-state index >= 15 is 0 Å². The van der Waals surface area contributed by atoms with Crippen LogP contribution in [0, 0.1) is 5.92 Å². The molecule has 0 heterocycles. The van der Waals surface area contributed by atoms with Crippen LogP contribution < -0.4 is 10.1 Å². The fraction of sp³-hybridized carbons (Fsp3) is 0.429. The Morgan fingerprint density at radius 2 is 2.05 bits per heavy atom. The number of nitrogens with one attached hydrogen (secondary N) is 1. The Morgan fingerprint density at radius 3 is 2.70 bits per heavy atom. The molecule has 0 radical (unpaired) electrons. The molecule has 1 unspecified atom stereocenters. The number of amides is 1. The molecule has 0 aromatic heterocycles. The molecule has 1 atom stereocenters. The van der Waals surface area contributed by atoms with Crippen molar-refractivity contribution in [1.82, 2.24) is 0 Å². The monoisotopic (exact) mass is 281 g/mol. The number of carboxylic acids is 1. The molecule has 0 saturated heterocycles. The molecule has 0 aliphatic carbocycles. The van der Waals surface area contributed by atoms with Crippen molar-refractivity contribution in [1.29, 1.82) is 0 Å². The van der Waals surface area contributed by atoms with Gasteiger partial charge in [0.1, 0.15) is 5.75 Å². The number of ether oxygens (including phenoxy) is 2. The predicted molar refractivity (Wildman–Crippen MR) is 73.9 cm³/mol. The Bertz CT molecular complexity index is 461. The van der Waals surface area contributed by atoms with Crippen LogP contribution in [0.15, 0.2) is 24.3 Å². The highest BCUT2D eigenvalue weighted by Crippen LogP contribution is 2.24. The van der Waals surface area contributed by atoms with Crippen LogP contribution in [0.2, 0.25) is 0 Å². The smallest absolute Gasteiger partial charge is 0.341 e. The van der Waals surface area contributed by atoms with Crippen LogP contribution in [-0.4, -0.2) is 37.3 Å². The SMILES string of the molecule is COCC(C)CC(=O)Nc1ccccc1OCC(=O)O. The van der Waals surface area contributed by atoms with E-state index in [1.807, 2.05) is 6.92 Å². The maximum Gasteiger partial charge on any atom is 0.341 e. The van der Waals surface area contributed by atoms with Crippen molar-refractivity contribution in [3.05, 3.63) is 24.3 Å². The Morgan fingerprint density at radius 1 is 1.35 bits per heavy atom. The molecule has 2 N–H and O–H groups in total. The first-order chi connectivity index (χ1) is 9.52. The molecule has 0 saturated carbocycles. The molecule has 0 aliphatic rings. The summed E-state index contributed by atoms with van der Waals surface area (Å²) >= 11 is 0. The van der Waals surface area contributed by atoms with Gasteiger partial charge in [-0.15, -0.1) is 0 Å². The van der Waals surface area contributed by atoms with E-state index in [4.69, 9.17) is 14.6 Å². The number of hydrogen-bond acceptors (Lipinski definition) is 4. The van der Waals surface area contributed by atoms with Gasteiger partial charge in [0.25, 0.3) is 0 Å². The quantitative estimate of drug-likeness (QED) is 0.758. The number of carboxylic acid groups (broad SMARTS) is 1. The molecule has 1 aromatic carbocycles. The van der Waals surface area contributed by atoms with Crippen LogP contribution in [0.1, 0.15) is 13.3 Å². The summed E-state index contributed by atoms with van der Waals surface area (Å²) in [6, 6.07) is 6.72. The van der Waals surface area contributed by atoms with Gasteiger partial charge in [0, 0.05) is 20.1 Å². The van der Waals surface area contributed by atoms with E-state index in [1.165, 1.54) is 0 Å². The molecule has 6 heteroatoms. The van der Waals surface area contributed by atoms with Crippen molar-refractivity contribution in [2.45, 2.75) is 13.3 Å². The molecule has 0 aliphatic heterocycles. The highest BCUT2D eigenvalue weighted by molar-refractivity contribution is 5.92. The average molecular weight is 281 g/mol. The zero-order chi connectivity index (χ0) is 15.0. The third-order valence-corrected chi connectivity index (χ3v) is 2.50. The third kappa shape index (κ3) is 5.71. The summed E-state index contributed by atoms with van der Waals surface area (Å²) in [6.45, 7) is 1.97. The van der Waals surface area contributed by atoms with E-state index in [0.29, 0.717) is 24.5 Å². The first-order valence-electron chi connectivity index (χ1n) is 6.25. The van der Waals surface area contributed by atoms with Crippen molar-refractivity contribution in [2.75, 3.05) is 25.6 Å². The molecule has 0 fully saturated rings. The fourth-order valence-electron chi connectivity index (χ4n) is 1.70. The minimum Gasteiger partial charge on any atom is -0.480 e. The number of benzene rings is 1. The van der Waals surface area contributed by atoms with Gasteiger partial charge in [0.05, 0.1) is 5.69 Å². The number of carbonyl (C=O) groups is 2. The number of para-hydroxylation sites is 2. The lowest BCUT2D eigenvalue weighted by Crippen LogP contribution is -2.18. The van der Waals surface area contributed by atoms with Gasteiger partial charge >= 0.3 is 5.97 Å². The zero-order valence-electron chi connectivity index (χ0n) is 11.6. The Balaban J connectivity index is 2.62. The van der Waals surface area contributed by atoms with Gasteiger partial charge in [-0.3, -0.25) is 4.79 Å². The van der Waals surface area contributed by atoms with Crippen LogP contribution in [0.25, 0.3) is 0 Å². The van der Waals surface area contributed by atoms with E-state index in [0.717, 1.165) is 0 Å². The number of hydrogen-bond donors (Lipinski definition) is 2. The number of aliphatic carboxylic acids is 1. The summed E-state index contributed by atoms with van der Waals surface area (Å²) in [5.41, 5.74) is 0.461. The van der Waals surface area contributed by atoms with Crippen LogP contribution in [-0.2, 0) is 14.3 Å². The van der Waals surface area contributed by atoms with E-state index in [1.54, 1.807) is 31.4 Å². The van der Waals surface area contributed by atoms with Gasteiger partial charge < -0.3 is 19.9 Å². The number of anilines is 1. The molecule has 0 spiro atoms. The Labute approximate surface area is 117 Å². The lowest BCUT2D eigenvalue weighted by Gasteiger charge is -2.13. The molecule has 20 heavy (non-hydrogen) atoms. The topological polar surface area (TPSA) is 84.9 Å². The second kappa shape index (κ2) is 8.16. The Hall–Kier alpha value is -2.08. The molecule has 1 aromatic rings. The van der Waals surface area contributed by atoms with Crippen molar-refractivity contribution in [2.24, 2.45) is 5.92 Å². The van der Waals surface area contributed by atoms with Crippen molar-refractivity contribution in [3.8, 4) is 5.75 Å². The molecule has 6 nitrogen and oxygen atoms in total. The lowest BCUT2D eigenvalue weighted by molar-refractivity contribution is -0.139. The van der Waals surface area contributed by atoms with Crippen molar-refractivity contribution in [3.63, 3.8) is 0 Å². The summed E-state index contributed by atoms with van der Waals surface area (Å²) in [4.78, 5) is 22.3. The number of methoxy groups -OCH3 is 1. The van der Waals surface area contributed by atoms with Crippen LogP contribution >= 0.6 is 0 Å². The largest absolute Gasteiger partial charge is 0.480 e. The first-order valence-corrected chi connectivity index (χ1v) is 6.25. The minimum atomic E-state index is -1.07. The molecule has 1 amide bonds. The lowest BCUT2D eigenvalue weighted by atomic mass is 10.1. The van der Waals surface area contributed by atoms with E-state index in [2.05, 4.69) is 5.32 Å². The van der Waals surface area contributed by atoms with Crippen LogP contribution in [0.3, 0.4) is 0 Å². The summed E-state index contributed by atoms with van der Waals surface area (Å²) in [5, 5.41) is 11.3. The van der Waals surface area contributed by atoms with Gasteiger partial charge in [-0.05, 0) is 18.1 Å². The van der Waals surface area contributed by atoms with Gasteiger partial charge in [-0.2, -0.15) is 0 Å². The highest BCUT2D eigenvalue weighted by atomic mass is 16.5. The summed E-state index contributed by atoms with van der Waals surface area (Å²) in [7, 11) is 1.59. The van der Waals surface area contributed by atoms with Crippen molar-refractivity contribution < 1.29 is 24.2 Å². The predicted octanol–water partition coefficient (Wildman–Crippen LogP) is 1.76. The normalized spacial score (nSPS) is 11.7. The standard InChI is InChI=1S/C14H19NO5/c1-10(8-19-2)7-13(16)15-11-5-3-4-6-12(11)20-9-14(17)18/h3-6,10H,7-9H2,1-2H3,(H,15,16)(H,17,18). The molecule has 1 rings (SSSR count). The molecule has 0 bridgehead atoms. The highest BCUT2D eigenvalue weighted by Gasteiger charge is 2.12. The van der Waals surface area contributed by atoms with Gasteiger partial charge in [-0.25, -0.2) is 4.79 Å². The third-order valence-electron chi connectivity index (χ3n) is 2.50. The van der Waals surface area contributed by atoms with Crippen molar-refractivity contribution >= 4 is 17.6 Å². The molecule has 110 valence electrons. The van der Waals surface area contributed by atoms with Crippen LogP contribution in [0.4, 0.5) is 5.69 Å². The first kappa shape index (κ1) is 16.0. The zero-order valence-corrected chi connectivity index (χ0v) is 11.6. The minimum absolute atomic E-state index is 0.104. The van der Waals surface area contributed by atoms with Gasteiger partial charge in [0.2, 0.25) is 5.91 Å². The maximum absolute atomic E-state index is 11.8. The summed E-state index contributed by atoms with van der Waals surface area (Å²) < 4.78 is 10.1. The Kier molecular flexibility index (Phi) is 6.52. The van der Waals surface area contributed by atoms with E-state index < -0.39 is 12.6 Å². The van der Waals surface area contributed by atoms with Gasteiger partial charge in [-0.1, -0.05) is 19.1 Å². The number of rotatable bonds is 8. The maximum atomic E-state index is 11.8. The van der Waals surface area contributed by atoms with E-state index in [9.17, 15) is 9.59 Å². The molecular weight excluding hydrogens is 262 g/mol. The fourth-order valence-corrected chi connectivity index (χ4v) is 1.70. The van der Waals surface area contributed by atoms with Gasteiger partial charge in [0.15, 0.2) is 6.61 Å². The number of carbonyl (C=O) groups excluding carboxylic acids is 1. The molecular formula is C14H19NO5. The average Bonchev–Trinajstić information content (AvgIpc) is 2.37. The second-order valence-electron chi connectivity index (χ2n) is 4.49.